The summed E-state index contributed by atoms with van der Waals surface area (Å²) >= 11 is 2.20. The molecule has 35 heavy (non-hydrogen) atoms. The molecule has 5 heteroatoms. The molecule has 0 radical (unpaired) electrons. The molecule has 0 aromatic rings. The Morgan fingerprint density at radius 3 is 2.31 bits per heavy atom. The number of hydrogen-bond acceptors (Lipinski definition) is 4. The molecule has 0 amide bonds. The third-order valence-corrected chi connectivity index (χ3v) is 12.8. The Labute approximate surface area is 224 Å². The van der Waals surface area contributed by atoms with Crippen molar-refractivity contribution in [1.82, 2.24) is 0 Å². The molecule has 5 aliphatic carbocycles. The highest BCUT2D eigenvalue weighted by atomic mass is 127. The maximum atomic E-state index is 14.3. The van der Waals surface area contributed by atoms with Crippen molar-refractivity contribution in [2.45, 2.75) is 86.5 Å². The highest BCUT2D eigenvalue weighted by Crippen LogP contribution is 2.74. The van der Waals surface area contributed by atoms with Crippen molar-refractivity contribution in [3.8, 4) is 0 Å². The third-order valence-electron chi connectivity index (χ3n) is 11.9. The van der Waals surface area contributed by atoms with Crippen molar-refractivity contribution in [2.75, 3.05) is 7.11 Å². The van der Waals surface area contributed by atoms with Crippen LogP contribution in [0.25, 0.3) is 0 Å². The van der Waals surface area contributed by atoms with Crippen molar-refractivity contribution >= 4 is 40.1 Å². The van der Waals surface area contributed by atoms with E-state index >= 15 is 0 Å². The first-order chi connectivity index (χ1) is 16.2. The maximum absolute atomic E-state index is 14.3. The third kappa shape index (κ3) is 3.18. The van der Waals surface area contributed by atoms with E-state index in [4.69, 9.17) is 4.74 Å². The fraction of sp³-hybridized carbons (Fsp3) is 0.767. The van der Waals surface area contributed by atoms with E-state index in [1.165, 1.54) is 12.7 Å². The summed E-state index contributed by atoms with van der Waals surface area (Å²) in [6.45, 7) is 13.7. The summed E-state index contributed by atoms with van der Waals surface area (Å²) in [6, 6.07) is 0. The van der Waals surface area contributed by atoms with E-state index in [9.17, 15) is 14.4 Å². The molecule has 0 aromatic heterocycles. The zero-order chi connectivity index (χ0) is 25.8. The van der Waals surface area contributed by atoms with E-state index in [2.05, 4.69) is 70.2 Å². The zero-order valence-electron chi connectivity index (χ0n) is 22.4. The maximum Gasteiger partial charge on any atom is 0.312 e. The number of hydrogen-bond donors (Lipinski definition) is 0. The minimum Gasteiger partial charge on any atom is -0.469 e. The van der Waals surface area contributed by atoms with Crippen LogP contribution >= 0.6 is 22.6 Å². The van der Waals surface area contributed by atoms with Crippen molar-refractivity contribution in [1.29, 1.82) is 0 Å². The van der Waals surface area contributed by atoms with Crippen LogP contribution < -0.4 is 0 Å². The molecule has 5 rings (SSSR count). The highest BCUT2D eigenvalue weighted by Gasteiger charge is 2.70. The van der Waals surface area contributed by atoms with Crippen molar-refractivity contribution < 1.29 is 19.1 Å². The molecule has 0 heterocycles. The molecular formula is C30H41IO4. The topological polar surface area (TPSA) is 60.4 Å². The van der Waals surface area contributed by atoms with Gasteiger partial charge in [-0.1, -0.05) is 53.2 Å². The lowest BCUT2D eigenvalue weighted by atomic mass is 9.35. The molecule has 192 valence electrons. The number of ketones is 2. The molecule has 0 spiro atoms. The molecule has 8 atom stereocenters. The Morgan fingerprint density at radius 2 is 1.66 bits per heavy atom. The van der Waals surface area contributed by atoms with E-state index in [0.29, 0.717) is 0 Å². The van der Waals surface area contributed by atoms with E-state index in [1.807, 2.05) is 6.08 Å². The van der Waals surface area contributed by atoms with Crippen LogP contribution in [0, 0.1) is 50.7 Å². The largest absolute Gasteiger partial charge is 0.469 e. The lowest BCUT2D eigenvalue weighted by Gasteiger charge is -2.68. The summed E-state index contributed by atoms with van der Waals surface area (Å²) in [7, 11) is 1.51. The van der Waals surface area contributed by atoms with Crippen LogP contribution in [0.2, 0.25) is 0 Å². The molecular weight excluding hydrogens is 551 g/mol. The molecule has 0 bridgehead atoms. The van der Waals surface area contributed by atoms with Crippen LogP contribution in [0.4, 0.5) is 0 Å². The van der Waals surface area contributed by atoms with Gasteiger partial charge < -0.3 is 4.74 Å². The molecule has 5 aliphatic rings. The Hall–Kier alpha value is -0.980. The monoisotopic (exact) mass is 592 g/mol. The Morgan fingerprint density at radius 1 is 1.00 bits per heavy atom. The van der Waals surface area contributed by atoms with E-state index in [0.717, 1.165) is 48.5 Å². The lowest BCUT2D eigenvalue weighted by Crippen LogP contribution is -2.65. The fourth-order valence-corrected chi connectivity index (χ4v) is 10.8. The SMILES string of the molecule is COC(=O)[C@]12CCC(C)(C)CC1[C@@H]1C(=O)C=C3[C@@]4(C)C=C(I)C(=O)[C@@H](C)[C@@H]4CC[C@@]3(C)[C@]1(C)CC2. The average molecular weight is 593 g/mol. The van der Waals surface area contributed by atoms with Gasteiger partial charge in [0.05, 0.1) is 16.1 Å². The van der Waals surface area contributed by atoms with Crippen LogP contribution in [0.1, 0.15) is 86.5 Å². The van der Waals surface area contributed by atoms with Crippen molar-refractivity contribution in [3.63, 3.8) is 0 Å². The number of esters is 1. The number of ether oxygens (including phenoxy) is 1. The minimum atomic E-state index is -0.548. The number of rotatable bonds is 1. The Balaban J connectivity index is 1.68. The van der Waals surface area contributed by atoms with Crippen LogP contribution in [0.15, 0.2) is 21.3 Å². The number of halogens is 1. The molecule has 1 unspecified atom stereocenters. The second kappa shape index (κ2) is 7.77. The summed E-state index contributed by atoms with van der Waals surface area (Å²) in [5.41, 5.74) is 0.138. The van der Waals surface area contributed by atoms with Gasteiger partial charge in [0.1, 0.15) is 0 Å². The highest BCUT2D eigenvalue weighted by molar-refractivity contribution is 14.1. The molecule has 3 fully saturated rings. The van der Waals surface area contributed by atoms with Crippen molar-refractivity contribution in [3.05, 3.63) is 21.3 Å². The van der Waals surface area contributed by atoms with Gasteiger partial charge in [0.25, 0.3) is 0 Å². The summed E-state index contributed by atoms with van der Waals surface area (Å²) in [5, 5.41) is 0. The normalized spacial score (nSPS) is 48.5. The quantitative estimate of drug-likeness (QED) is 0.247. The second-order valence-corrected chi connectivity index (χ2v) is 15.0. The van der Waals surface area contributed by atoms with Gasteiger partial charge in [-0.05, 0) is 102 Å². The second-order valence-electron chi connectivity index (χ2n) is 13.9. The van der Waals surface area contributed by atoms with Crippen LogP contribution in [-0.4, -0.2) is 24.6 Å². The first-order valence-corrected chi connectivity index (χ1v) is 14.5. The van der Waals surface area contributed by atoms with E-state index < -0.39 is 5.41 Å². The number of methoxy groups -OCH3 is 1. The Bertz CT molecular complexity index is 1070. The zero-order valence-corrected chi connectivity index (χ0v) is 24.6. The Kier molecular flexibility index (Phi) is 5.69. The number of Topliss-reactive ketones (excluding diaryl/α,β-unsaturated/α-hetero) is 1. The van der Waals surface area contributed by atoms with Gasteiger partial charge in [-0.3, -0.25) is 14.4 Å². The van der Waals surface area contributed by atoms with Crippen LogP contribution in [-0.2, 0) is 19.1 Å². The average Bonchev–Trinajstić information content (AvgIpc) is 2.78. The number of carbonyl (C=O) groups is 3. The molecule has 4 nitrogen and oxygen atoms in total. The van der Waals surface area contributed by atoms with E-state index in [-0.39, 0.29) is 62.9 Å². The summed E-state index contributed by atoms with van der Waals surface area (Å²) in [5.74, 6) is 0.370. The van der Waals surface area contributed by atoms with Gasteiger partial charge in [-0.15, -0.1) is 0 Å². The number of fused-ring (bicyclic) bond motifs is 7. The molecule has 0 saturated heterocycles. The first-order valence-electron chi connectivity index (χ1n) is 13.4. The van der Waals surface area contributed by atoms with Gasteiger partial charge in [0, 0.05) is 17.3 Å². The lowest BCUT2D eigenvalue weighted by molar-refractivity contribution is -0.190. The first kappa shape index (κ1) is 25.7. The molecule has 3 saturated carbocycles. The summed E-state index contributed by atoms with van der Waals surface area (Å²) < 4.78 is 6.22. The van der Waals surface area contributed by atoms with Gasteiger partial charge in [-0.2, -0.15) is 0 Å². The predicted octanol–water partition coefficient (Wildman–Crippen LogP) is 6.86. The fourth-order valence-electron chi connectivity index (χ4n) is 9.66. The van der Waals surface area contributed by atoms with Gasteiger partial charge >= 0.3 is 5.97 Å². The predicted molar refractivity (Wildman–Crippen MR) is 145 cm³/mol. The van der Waals surface area contributed by atoms with Gasteiger partial charge in [-0.25, -0.2) is 0 Å². The van der Waals surface area contributed by atoms with Crippen LogP contribution in [0.3, 0.4) is 0 Å². The standard InChI is InChI=1S/C30H41IO4/c1-17-18-8-9-28(5)22(27(18,4)16-20(31)24(17)33)14-21(32)23-19-15-26(2,3)10-12-30(19,25(34)35-7)13-11-29(23,28)6/h14,16-19,23H,8-13,15H2,1-7H3/t17-,18-,19?,23+,27-,28+,29+,30-/m0/s1. The smallest absolute Gasteiger partial charge is 0.312 e. The van der Waals surface area contributed by atoms with Crippen molar-refractivity contribution in [2.24, 2.45) is 50.7 Å². The van der Waals surface area contributed by atoms with Crippen LogP contribution in [0.5, 0.6) is 0 Å². The van der Waals surface area contributed by atoms with E-state index in [1.54, 1.807) is 0 Å². The molecule has 0 aliphatic heterocycles. The number of carbonyl (C=O) groups excluding carboxylic acids is 3. The molecule has 0 N–H and O–H groups in total. The van der Waals surface area contributed by atoms with Gasteiger partial charge in [0.15, 0.2) is 11.6 Å². The minimum absolute atomic E-state index is 0.00707. The summed E-state index contributed by atoms with van der Waals surface area (Å²) in [4.78, 5) is 40.5. The van der Waals surface area contributed by atoms with Gasteiger partial charge in [0.2, 0.25) is 0 Å². The molecule has 0 aromatic carbocycles. The number of allylic oxidation sites excluding steroid dienone is 4. The summed E-state index contributed by atoms with van der Waals surface area (Å²) in [6.07, 6.45) is 10.5.